The number of aromatic amines is 1. The van der Waals surface area contributed by atoms with Gasteiger partial charge in [-0.3, -0.25) is 0 Å². The maximum absolute atomic E-state index is 9.46. The van der Waals surface area contributed by atoms with Crippen LogP contribution < -0.4 is 0 Å². The van der Waals surface area contributed by atoms with Crippen LogP contribution in [0.3, 0.4) is 0 Å². The number of nitrogens with zero attached hydrogens (tertiary/aromatic N) is 1. The highest BCUT2D eigenvalue weighted by molar-refractivity contribution is 5.26. The van der Waals surface area contributed by atoms with E-state index in [-0.39, 0.29) is 11.3 Å². The van der Waals surface area contributed by atoms with Gasteiger partial charge in [0.15, 0.2) is 0 Å². The lowest BCUT2D eigenvalue weighted by molar-refractivity contribution is 0.428. The summed E-state index contributed by atoms with van der Waals surface area (Å²) >= 11 is 0. The fourth-order valence-electron chi connectivity index (χ4n) is 1.10. The molecule has 3 heteroatoms. The number of rotatable bonds is 1. The van der Waals surface area contributed by atoms with E-state index >= 15 is 0 Å². The molecule has 12 heavy (non-hydrogen) atoms. The first kappa shape index (κ1) is 9.10. The summed E-state index contributed by atoms with van der Waals surface area (Å²) < 4.78 is 0. The van der Waals surface area contributed by atoms with E-state index < -0.39 is 0 Å². The molecule has 3 nitrogen and oxygen atoms in total. The molecule has 0 aromatic carbocycles. The van der Waals surface area contributed by atoms with Crippen molar-refractivity contribution in [1.29, 1.82) is 0 Å². The fraction of sp³-hybridized carbons (Fsp3) is 0.667. The largest absolute Gasteiger partial charge is 0.492 e. The summed E-state index contributed by atoms with van der Waals surface area (Å²) in [6.45, 7) is 8.13. The van der Waals surface area contributed by atoms with Crippen LogP contribution >= 0.6 is 0 Å². The fourth-order valence-corrected chi connectivity index (χ4v) is 1.10. The third kappa shape index (κ3) is 1.60. The second-order valence-electron chi connectivity index (χ2n) is 3.99. The first-order chi connectivity index (χ1) is 5.45. The van der Waals surface area contributed by atoms with E-state index in [0.29, 0.717) is 0 Å². The third-order valence-corrected chi connectivity index (χ3v) is 1.82. The standard InChI is InChI=1S/C9H16N2O/c1-5-6-10-7(8(12)11-6)9(2,3)4/h12H,5H2,1-4H3,(H,10,11). The molecule has 0 aliphatic rings. The number of aromatic nitrogens is 2. The van der Waals surface area contributed by atoms with Gasteiger partial charge >= 0.3 is 0 Å². The zero-order valence-corrected chi connectivity index (χ0v) is 8.10. The minimum Gasteiger partial charge on any atom is -0.492 e. The van der Waals surface area contributed by atoms with Gasteiger partial charge in [0.2, 0.25) is 5.88 Å². The molecule has 0 fully saturated rings. The van der Waals surface area contributed by atoms with Crippen molar-refractivity contribution in [2.75, 3.05) is 0 Å². The van der Waals surface area contributed by atoms with Gasteiger partial charge in [-0.2, -0.15) is 4.98 Å². The Morgan fingerprint density at radius 2 is 2.00 bits per heavy atom. The third-order valence-electron chi connectivity index (χ3n) is 1.82. The average molecular weight is 168 g/mol. The Morgan fingerprint density at radius 3 is 2.25 bits per heavy atom. The highest BCUT2D eigenvalue weighted by Crippen LogP contribution is 2.27. The summed E-state index contributed by atoms with van der Waals surface area (Å²) in [6, 6.07) is 0. The molecule has 1 aromatic heterocycles. The van der Waals surface area contributed by atoms with Crippen LogP contribution in [0, 0.1) is 0 Å². The molecule has 0 radical (unpaired) electrons. The van der Waals surface area contributed by atoms with Gasteiger partial charge < -0.3 is 10.1 Å². The van der Waals surface area contributed by atoms with E-state index in [2.05, 4.69) is 9.97 Å². The van der Waals surface area contributed by atoms with Gasteiger partial charge in [0.25, 0.3) is 0 Å². The summed E-state index contributed by atoms with van der Waals surface area (Å²) in [5, 5.41) is 9.46. The Kier molecular flexibility index (Phi) is 2.13. The number of aromatic hydroxyl groups is 1. The van der Waals surface area contributed by atoms with Crippen molar-refractivity contribution in [3.8, 4) is 5.88 Å². The highest BCUT2D eigenvalue weighted by Gasteiger charge is 2.21. The number of H-pyrrole nitrogens is 1. The lowest BCUT2D eigenvalue weighted by atomic mass is 9.93. The lowest BCUT2D eigenvalue weighted by Gasteiger charge is -2.15. The molecule has 2 N–H and O–H groups in total. The summed E-state index contributed by atoms with van der Waals surface area (Å²) in [5.74, 6) is 0.983. The molecule has 0 aliphatic heterocycles. The zero-order chi connectivity index (χ0) is 9.35. The quantitative estimate of drug-likeness (QED) is 0.673. The Balaban J connectivity index is 3.08. The van der Waals surface area contributed by atoms with Crippen molar-refractivity contribution < 1.29 is 5.11 Å². The van der Waals surface area contributed by atoms with Gasteiger partial charge in [-0.25, -0.2) is 0 Å². The minimum atomic E-state index is -0.0650. The van der Waals surface area contributed by atoms with Crippen molar-refractivity contribution in [2.24, 2.45) is 0 Å². The molecule has 0 saturated carbocycles. The van der Waals surface area contributed by atoms with Gasteiger partial charge in [0.05, 0.1) is 5.69 Å². The predicted octanol–water partition coefficient (Wildman–Crippen LogP) is 1.98. The van der Waals surface area contributed by atoms with Crippen molar-refractivity contribution in [3.63, 3.8) is 0 Å². The molecular weight excluding hydrogens is 152 g/mol. The molecule has 0 atom stereocenters. The molecule has 0 saturated heterocycles. The van der Waals surface area contributed by atoms with Crippen LogP contribution in [-0.4, -0.2) is 15.1 Å². The summed E-state index contributed by atoms with van der Waals surface area (Å²) in [7, 11) is 0. The van der Waals surface area contributed by atoms with E-state index in [1.54, 1.807) is 0 Å². The monoisotopic (exact) mass is 168 g/mol. The highest BCUT2D eigenvalue weighted by atomic mass is 16.3. The van der Waals surface area contributed by atoms with Gasteiger partial charge in [-0.1, -0.05) is 27.7 Å². The predicted molar refractivity (Wildman–Crippen MR) is 48.3 cm³/mol. The van der Waals surface area contributed by atoms with Crippen LogP contribution in [0.15, 0.2) is 0 Å². The Labute approximate surface area is 72.8 Å². The summed E-state index contributed by atoms with van der Waals surface area (Å²) in [4.78, 5) is 7.11. The Hall–Kier alpha value is -0.990. The minimum absolute atomic E-state index is 0.0650. The van der Waals surface area contributed by atoms with Crippen LogP contribution in [0.5, 0.6) is 5.88 Å². The topological polar surface area (TPSA) is 48.9 Å². The van der Waals surface area contributed by atoms with Crippen molar-refractivity contribution in [1.82, 2.24) is 9.97 Å². The molecule has 68 valence electrons. The molecular formula is C9H16N2O. The van der Waals surface area contributed by atoms with Crippen LogP contribution in [0.1, 0.15) is 39.2 Å². The number of hydrogen-bond acceptors (Lipinski definition) is 2. The number of imidazole rings is 1. The summed E-state index contributed by atoms with van der Waals surface area (Å²) in [6.07, 6.45) is 0.823. The average Bonchev–Trinajstić information content (AvgIpc) is 2.29. The van der Waals surface area contributed by atoms with Gasteiger partial charge in [0.1, 0.15) is 5.82 Å². The van der Waals surface area contributed by atoms with E-state index in [1.807, 2.05) is 27.7 Å². The molecule has 0 aliphatic carbocycles. The first-order valence-corrected chi connectivity index (χ1v) is 4.23. The first-order valence-electron chi connectivity index (χ1n) is 4.23. The maximum atomic E-state index is 9.46. The Morgan fingerprint density at radius 1 is 1.42 bits per heavy atom. The van der Waals surface area contributed by atoms with Gasteiger partial charge in [0, 0.05) is 11.8 Å². The SMILES string of the molecule is CCc1nc(O)c(C(C)(C)C)[nH]1. The molecule has 1 heterocycles. The van der Waals surface area contributed by atoms with Crippen LogP contribution in [-0.2, 0) is 11.8 Å². The van der Waals surface area contributed by atoms with Gasteiger partial charge in [-0.05, 0) is 0 Å². The smallest absolute Gasteiger partial charge is 0.233 e. The molecule has 0 amide bonds. The van der Waals surface area contributed by atoms with Gasteiger partial charge in [-0.15, -0.1) is 0 Å². The van der Waals surface area contributed by atoms with E-state index in [9.17, 15) is 5.11 Å². The molecule has 1 rings (SSSR count). The van der Waals surface area contributed by atoms with E-state index in [1.165, 1.54) is 0 Å². The maximum Gasteiger partial charge on any atom is 0.233 e. The zero-order valence-electron chi connectivity index (χ0n) is 8.10. The molecule has 1 aromatic rings. The summed E-state index contributed by atoms with van der Waals surface area (Å²) in [5.41, 5.74) is 0.754. The van der Waals surface area contributed by atoms with E-state index in [4.69, 9.17) is 0 Å². The number of aryl methyl sites for hydroxylation is 1. The van der Waals surface area contributed by atoms with Crippen molar-refractivity contribution in [3.05, 3.63) is 11.5 Å². The van der Waals surface area contributed by atoms with E-state index in [0.717, 1.165) is 17.9 Å². The normalized spacial score (nSPS) is 12.0. The molecule has 0 unspecified atom stereocenters. The lowest BCUT2D eigenvalue weighted by Crippen LogP contribution is -2.11. The molecule has 0 bridgehead atoms. The van der Waals surface area contributed by atoms with Crippen LogP contribution in [0.2, 0.25) is 0 Å². The van der Waals surface area contributed by atoms with Crippen LogP contribution in [0.4, 0.5) is 0 Å². The molecule has 0 spiro atoms. The number of nitrogens with one attached hydrogen (secondary N) is 1. The number of hydrogen-bond donors (Lipinski definition) is 2. The van der Waals surface area contributed by atoms with Crippen molar-refractivity contribution in [2.45, 2.75) is 39.5 Å². The van der Waals surface area contributed by atoms with Crippen molar-refractivity contribution >= 4 is 0 Å². The second kappa shape index (κ2) is 2.81. The Bertz CT molecular complexity index is 271. The second-order valence-corrected chi connectivity index (χ2v) is 3.99. The van der Waals surface area contributed by atoms with Crippen LogP contribution in [0.25, 0.3) is 0 Å².